The number of rotatable bonds is 3. The minimum absolute atomic E-state index is 0.336. The van der Waals surface area contributed by atoms with Crippen LogP contribution in [-0.4, -0.2) is 42.1 Å². The standard InChI is InChI=1S/C9H24S2/c1-8-9(10(2,3)4)11(5,6)7/h9H,8H2,1-7H3. The molecule has 0 atom stereocenters. The van der Waals surface area contributed by atoms with Gasteiger partial charge in [0.2, 0.25) is 0 Å². The molecule has 0 rings (SSSR count). The van der Waals surface area contributed by atoms with Gasteiger partial charge in [0.05, 0.1) is 0 Å². The Morgan fingerprint density at radius 1 is 0.818 bits per heavy atom. The minimum Gasteiger partial charge on any atom is -0.239 e. The van der Waals surface area contributed by atoms with Crippen molar-refractivity contribution in [3.63, 3.8) is 0 Å². The largest absolute Gasteiger partial charge is 0.239 e. The van der Waals surface area contributed by atoms with E-state index in [1.165, 1.54) is 6.42 Å². The van der Waals surface area contributed by atoms with E-state index < -0.39 is 0 Å². The van der Waals surface area contributed by atoms with Crippen molar-refractivity contribution in [2.75, 3.05) is 37.5 Å². The van der Waals surface area contributed by atoms with E-state index in [2.05, 4.69) is 44.5 Å². The summed E-state index contributed by atoms with van der Waals surface area (Å²) in [5.41, 5.74) is 0. The first-order valence-electron chi connectivity index (χ1n) is 4.04. The van der Waals surface area contributed by atoms with Gasteiger partial charge < -0.3 is 0 Å². The van der Waals surface area contributed by atoms with Gasteiger partial charge in [-0.1, -0.05) is 6.92 Å². The van der Waals surface area contributed by atoms with Gasteiger partial charge in [0, 0.05) is 4.58 Å². The van der Waals surface area contributed by atoms with Gasteiger partial charge in [0.15, 0.2) is 0 Å². The molecule has 0 aliphatic carbocycles. The third-order valence-corrected chi connectivity index (χ3v) is 9.20. The lowest BCUT2D eigenvalue weighted by molar-refractivity contribution is 1.04. The van der Waals surface area contributed by atoms with E-state index >= 15 is 0 Å². The zero-order valence-electron chi connectivity index (χ0n) is 9.10. The summed E-state index contributed by atoms with van der Waals surface area (Å²) < 4.78 is 0.981. The monoisotopic (exact) mass is 196 g/mol. The summed E-state index contributed by atoms with van der Waals surface area (Å²) in [4.78, 5) is 0. The second kappa shape index (κ2) is 3.61. The summed E-state index contributed by atoms with van der Waals surface area (Å²) in [5.74, 6) is 0. The molecule has 0 saturated carbocycles. The van der Waals surface area contributed by atoms with Crippen molar-refractivity contribution >= 4 is 20.1 Å². The third-order valence-electron chi connectivity index (χ3n) is 1.91. The van der Waals surface area contributed by atoms with Crippen molar-refractivity contribution < 1.29 is 0 Å². The molecule has 0 aromatic rings. The normalized spacial score (nSPS) is 17.1. The summed E-state index contributed by atoms with van der Waals surface area (Å²) in [6, 6.07) is 0. The van der Waals surface area contributed by atoms with Crippen molar-refractivity contribution in [3.8, 4) is 0 Å². The first-order valence-corrected chi connectivity index (χ1v) is 9.88. The van der Waals surface area contributed by atoms with Crippen LogP contribution in [0.4, 0.5) is 0 Å². The highest BCUT2D eigenvalue weighted by Gasteiger charge is 2.26. The SMILES string of the molecule is CCC(S(C)(C)C)S(C)(C)C. The van der Waals surface area contributed by atoms with Gasteiger partial charge in [-0.3, -0.25) is 0 Å². The molecule has 0 aliphatic rings. The topological polar surface area (TPSA) is 0 Å². The van der Waals surface area contributed by atoms with E-state index in [1.54, 1.807) is 0 Å². The fraction of sp³-hybridized carbons (Fsp3) is 1.00. The molecule has 0 radical (unpaired) electrons. The van der Waals surface area contributed by atoms with Crippen LogP contribution in [0.2, 0.25) is 0 Å². The number of hydrogen-bond donors (Lipinski definition) is 0. The van der Waals surface area contributed by atoms with Crippen LogP contribution in [0.5, 0.6) is 0 Å². The molecule has 0 fully saturated rings. The quantitative estimate of drug-likeness (QED) is 0.651. The van der Waals surface area contributed by atoms with Crippen LogP contribution in [0.3, 0.4) is 0 Å². The van der Waals surface area contributed by atoms with E-state index in [9.17, 15) is 0 Å². The summed E-state index contributed by atoms with van der Waals surface area (Å²) in [7, 11) is -0.671. The lowest BCUT2D eigenvalue weighted by atomic mass is 10.6. The zero-order chi connectivity index (χ0) is 9.28. The highest BCUT2D eigenvalue weighted by Crippen LogP contribution is 2.60. The Morgan fingerprint density at radius 2 is 1.09 bits per heavy atom. The van der Waals surface area contributed by atoms with Crippen LogP contribution in [0.1, 0.15) is 13.3 Å². The molecular weight excluding hydrogens is 172 g/mol. The molecule has 0 amide bonds. The Kier molecular flexibility index (Phi) is 3.84. The predicted molar refractivity (Wildman–Crippen MR) is 64.8 cm³/mol. The average molecular weight is 196 g/mol. The summed E-state index contributed by atoms with van der Waals surface area (Å²) in [6.07, 6.45) is 16.0. The van der Waals surface area contributed by atoms with E-state index in [0.29, 0.717) is 0 Å². The molecule has 0 aliphatic heterocycles. The molecule has 0 N–H and O–H groups in total. The lowest BCUT2D eigenvalue weighted by Gasteiger charge is -2.47. The fourth-order valence-electron chi connectivity index (χ4n) is 1.87. The molecule has 0 unspecified atom stereocenters. The highest BCUT2D eigenvalue weighted by atomic mass is 32.3. The molecule has 0 aromatic heterocycles. The molecular formula is C9H24S2. The first-order chi connectivity index (χ1) is 4.69. The average Bonchev–Trinajstić information content (AvgIpc) is 1.56. The Bertz CT molecular complexity index is 103. The van der Waals surface area contributed by atoms with E-state index in [4.69, 9.17) is 0 Å². The van der Waals surface area contributed by atoms with Gasteiger partial charge in [-0.15, -0.1) is 0 Å². The molecule has 0 bridgehead atoms. The Balaban J connectivity index is 4.43. The number of hydrogen-bond acceptors (Lipinski definition) is 0. The fourth-order valence-corrected chi connectivity index (χ4v) is 10.8. The van der Waals surface area contributed by atoms with Gasteiger partial charge in [0.1, 0.15) is 0 Å². The van der Waals surface area contributed by atoms with E-state index in [1.807, 2.05) is 0 Å². The van der Waals surface area contributed by atoms with Gasteiger partial charge in [0.25, 0.3) is 0 Å². The van der Waals surface area contributed by atoms with Crippen LogP contribution >= 0.6 is 20.1 Å². The maximum Gasteiger partial charge on any atom is 0.0176 e. The maximum atomic E-state index is 2.44. The predicted octanol–water partition coefficient (Wildman–Crippen LogP) is 3.11. The minimum atomic E-state index is -0.336. The van der Waals surface area contributed by atoms with Crippen molar-refractivity contribution in [1.82, 2.24) is 0 Å². The Morgan fingerprint density at radius 3 is 1.09 bits per heavy atom. The maximum absolute atomic E-state index is 2.44. The van der Waals surface area contributed by atoms with Crippen LogP contribution in [0, 0.1) is 0 Å². The molecule has 11 heavy (non-hydrogen) atoms. The second-order valence-electron chi connectivity index (χ2n) is 4.70. The molecule has 0 saturated heterocycles. The Labute approximate surface area is 75.8 Å². The van der Waals surface area contributed by atoms with E-state index in [-0.39, 0.29) is 20.1 Å². The lowest BCUT2D eigenvalue weighted by Crippen LogP contribution is -2.20. The molecule has 0 nitrogen and oxygen atoms in total. The van der Waals surface area contributed by atoms with Crippen LogP contribution < -0.4 is 0 Å². The smallest absolute Gasteiger partial charge is 0.0176 e. The molecule has 2 heteroatoms. The molecule has 0 spiro atoms. The summed E-state index contributed by atoms with van der Waals surface area (Å²) in [6.45, 7) is 2.33. The second-order valence-corrected chi connectivity index (χ2v) is 13.9. The summed E-state index contributed by atoms with van der Waals surface area (Å²) >= 11 is 0. The van der Waals surface area contributed by atoms with Gasteiger partial charge in [-0.05, 0) is 44.0 Å². The molecule has 0 heterocycles. The van der Waals surface area contributed by atoms with Gasteiger partial charge >= 0.3 is 0 Å². The highest BCUT2D eigenvalue weighted by molar-refractivity contribution is 8.48. The van der Waals surface area contributed by atoms with Crippen molar-refractivity contribution in [2.24, 2.45) is 0 Å². The Hall–Kier alpha value is 0.700. The summed E-state index contributed by atoms with van der Waals surface area (Å²) in [5, 5.41) is 0. The van der Waals surface area contributed by atoms with Gasteiger partial charge in [-0.2, -0.15) is 0 Å². The molecule has 0 aromatic carbocycles. The van der Waals surface area contributed by atoms with E-state index in [0.717, 1.165) is 4.58 Å². The van der Waals surface area contributed by atoms with Crippen molar-refractivity contribution in [1.29, 1.82) is 0 Å². The van der Waals surface area contributed by atoms with Crippen LogP contribution in [0.25, 0.3) is 0 Å². The first kappa shape index (κ1) is 11.7. The van der Waals surface area contributed by atoms with Crippen LogP contribution in [-0.2, 0) is 0 Å². The zero-order valence-corrected chi connectivity index (χ0v) is 10.7. The van der Waals surface area contributed by atoms with Crippen molar-refractivity contribution in [2.45, 2.75) is 17.9 Å². The third kappa shape index (κ3) is 3.75. The van der Waals surface area contributed by atoms with Crippen LogP contribution in [0.15, 0.2) is 0 Å². The van der Waals surface area contributed by atoms with Crippen molar-refractivity contribution in [3.05, 3.63) is 0 Å². The molecule has 72 valence electrons. The van der Waals surface area contributed by atoms with Gasteiger partial charge in [-0.25, -0.2) is 20.1 Å².